The van der Waals surface area contributed by atoms with Crippen molar-refractivity contribution in [2.45, 2.75) is 12.8 Å². The molecule has 1 aromatic heterocycles. The fourth-order valence-electron chi connectivity index (χ4n) is 0.443. The molecule has 0 unspecified atom stereocenters. The van der Waals surface area contributed by atoms with E-state index in [2.05, 4.69) is 5.16 Å². The van der Waals surface area contributed by atoms with Crippen molar-refractivity contribution in [1.82, 2.24) is 5.16 Å². The molecule has 0 fully saturated rings. The van der Waals surface area contributed by atoms with Gasteiger partial charge in [0.05, 0.1) is 12.1 Å². The molecule has 3 heteroatoms. The standard InChI is InChI=1S/C5H6ClNO/c1-4-3-7-8-5(4)2-6/h3H,2H2,1H3. The van der Waals surface area contributed by atoms with Crippen LogP contribution in [0.2, 0.25) is 0 Å². The normalized spacial score (nSPS) is 9.75. The number of hydrogen-bond acceptors (Lipinski definition) is 2. The van der Waals surface area contributed by atoms with E-state index in [4.69, 9.17) is 16.1 Å². The molecule has 1 rings (SSSR count). The van der Waals surface area contributed by atoms with Gasteiger partial charge in [0, 0.05) is 5.56 Å². The number of hydrogen-bond donors (Lipinski definition) is 0. The second-order valence-electron chi connectivity index (χ2n) is 1.57. The van der Waals surface area contributed by atoms with E-state index < -0.39 is 0 Å². The van der Waals surface area contributed by atoms with Gasteiger partial charge in [-0.3, -0.25) is 0 Å². The molecule has 0 N–H and O–H groups in total. The third-order valence-electron chi connectivity index (χ3n) is 0.970. The molecule has 0 atom stereocenters. The summed E-state index contributed by atoms with van der Waals surface area (Å²) in [6.45, 7) is 1.91. The van der Waals surface area contributed by atoms with Crippen LogP contribution in [0.4, 0.5) is 0 Å². The molecule has 0 spiro atoms. The van der Waals surface area contributed by atoms with Crippen LogP contribution in [0.1, 0.15) is 11.3 Å². The molecule has 8 heavy (non-hydrogen) atoms. The average molecular weight is 132 g/mol. The lowest BCUT2D eigenvalue weighted by atomic mass is 10.3. The Bertz CT molecular complexity index is 173. The van der Waals surface area contributed by atoms with E-state index >= 15 is 0 Å². The van der Waals surface area contributed by atoms with Crippen LogP contribution in [0, 0.1) is 6.92 Å². The topological polar surface area (TPSA) is 26.0 Å². The fourth-order valence-corrected chi connectivity index (χ4v) is 0.702. The van der Waals surface area contributed by atoms with E-state index in [1.54, 1.807) is 6.20 Å². The summed E-state index contributed by atoms with van der Waals surface area (Å²) in [6, 6.07) is 0. The van der Waals surface area contributed by atoms with Gasteiger partial charge in [-0.15, -0.1) is 11.6 Å². The largest absolute Gasteiger partial charge is 0.360 e. The molecule has 0 saturated carbocycles. The first-order valence-corrected chi connectivity index (χ1v) is 2.84. The SMILES string of the molecule is Cc1cnoc1CCl. The van der Waals surface area contributed by atoms with Crippen LogP contribution in [0.5, 0.6) is 0 Å². The van der Waals surface area contributed by atoms with Crippen LogP contribution < -0.4 is 0 Å². The number of aryl methyl sites for hydroxylation is 1. The Kier molecular flexibility index (Phi) is 1.53. The lowest BCUT2D eigenvalue weighted by Crippen LogP contribution is -1.72. The lowest BCUT2D eigenvalue weighted by molar-refractivity contribution is 0.393. The Balaban J connectivity index is 2.92. The van der Waals surface area contributed by atoms with Gasteiger partial charge < -0.3 is 4.52 Å². The van der Waals surface area contributed by atoms with Crippen LogP contribution in [0.25, 0.3) is 0 Å². The Labute approximate surface area is 52.4 Å². The van der Waals surface area contributed by atoms with Gasteiger partial charge in [0.25, 0.3) is 0 Å². The number of halogens is 1. The highest BCUT2D eigenvalue weighted by Crippen LogP contribution is 2.07. The molecule has 0 saturated heterocycles. The molecule has 0 aromatic carbocycles. The van der Waals surface area contributed by atoms with Crippen molar-refractivity contribution < 1.29 is 4.52 Å². The highest BCUT2D eigenvalue weighted by atomic mass is 35.5. The van der Waals surface area contributed by atoms with Crippen LogP contribution in [-0.2, 0) is 5.88 Å². The predicted octanol–water partition coefficient (Wildman–Crippen LogP) is 1.72. The second-order valence-corrected chi connectivity index (χ2v) is 1.83. The molecular formula is C5H6ClNO. The number of rotatable bonds is 1. The van der Waals surface area contributed by atoms with Crippen molar-refractivity contribution >= 4 is 11.6 Å². The smallest absolute Gasteiger partial charge is 0.154 e. The molecule has 2 nitrogen and oxygen atoms in total. The van der Waals surface area contributed by atoms with Gasteiger partial charge in [-0.2, -0.15) is 0 Å². The minimum Gasteiger partial charge on any atom is -0.360 e. The van der Waals surface area contributed by atoms with E-state index in [0.29, 0.717) is 5.88 Å². The van der Waals surface area contributed by atoms with Crippen LogP contribution in [0.3, 0.4) is 0 Å². The minimum atomic E-state index is 0.409. The molecule has 0 bridgehead atoms. The van der Waals surface area contributed by atoms with Crippen molar-refractivity contribution in [3.8, 4) is 0 Å². The minimum absolute atomic E-state index is 0.409. The van der Waals surface area contributed by atoms with E-state index in [-0.39, 0.29) is 0 Å². The maximum Gasteiger partial charge on any atom is 0.154 e. The summed E-state index contributed by atoms with van der Waals surface area (Å²) in [7, 11) is 0. The third kappa shape index (κ3) is 0.842. The summed E-state index contributed by atoms with van der Waals surface area (Å²) in [4.78, 5) is 0. The maximum atomic E-state index is 5.44. The van der Waals surface area contributed by atoms with E-state index in [1.165, 1.54) is 0 Å². The monoisotopic (exact) mass is 131 g/mol. The van der Waals surface area contributed by atoms with E-state index in [1.807, 2.05) is 6.92 Å². The summed E-state index contributed by atoms with van der Waals surface area (Å²) in [5, 5.41) is 3.53. The first-order valence-electron chi connectivity index (χ1n) is 2.30. The third-order valence-corrected chi connectivity index (χ3v) is 1.21. The molecule has 0 amide bonds. The van der Waals surface area contributed by atoms with Gasteiger partial charge in [-0.05, 0) is 6.92 Å². The molecular weight excluding hydrogens is 126 g/mol. The van der Waals surface area contributed by atoms with E-state index in [0.717, 1.165) is 11.3 Å². The molecule has 0 aliphatic rings. The zero-order valence-electron chi connectivity index (χ0n) is 4.52. The van der Waals surface area contributed by atoms with Crippen LogP contribution >= 0.6 is 11.6 Å². The summed E-state index contributed by atoms with van der Waals surface area (Å²) >= 11 is 5.44. The molecule has 1 heterocycles. The van der Waals surface area contributed by atoms with Gasteiger partial charge in [0.2, 0.25) is 0 Å². The molecule has 0 aliphatic carbocycles. The van der Waals surface area contributed by atoms with Gasteiger partial charge in [0.15, 0.2) is 5.76 Å². The van der Waals surface area contributed by atoms with Crippen molar-refractivity contribution in [3.63, 3.8) is 0 Å². The summed E-state index contributed by atoms with van der Waals surface area (Å²) in [6.07, 6.45) is 1.65. The molecule has 0 radical (unpaired) electrons. The summed E-state index contributed by atoms with van der Waals surface area (Å²) < 4.78 is 4.73. The van der Waals surface area contributed by atoms with E-state index in [9.17, 15) is 0 Å². The summed E-state index contributed by atoms with van der Waals surface area (Å²) in [5.41, 5.74) is 1.01. The van der Waals surface area contributed by atoms with Crippen molar-refractivity contribution in [3.05, 3.63) is 17.5 Å². The zero-order valence-corrected chi connectivity index (χ0v) is 5.27. The number of aromatic nitrogens is 1. The van der Waals surface area contributed by atoms with Gasteiger partial charge >= 0.3 is 0 Å². The second kappa shape index (κ2) is 2.18. The van der Waals surface area contributed by atoms with Crippen LogP contribution in [0.15, 0.2) is 10.7 Å². The Morgan fingerprint density at radius 1 is 1.88 bits per heavy atom. The van der Waals surface area contributed by atoms with Crippen molar-refractivity contribution in [2.75, 3.05) is 0 Å². The molecule has 1 aromatic rings. The Hall–Kier alpha value is -0.500. The Morgan fingerprint density at radius 2 is 2.62 bits per heavy atom. The lowest BCUT2D eigenvalue weighted by Gasteiger charge is -1.82. The summed E-state index contributed by atoms with van der Waals surface area (Å²) in [5.74, 6) is 1.16. The van der Waals surface area contributed by atoms with Crippen molar-refractivity contribution in [1.29, 1.82) is 0 Å². The molecule has 0 aliphatic heterocycles. The average Bonchev–Trinajstić information content (AvgIpc) is 2.14. The first-order chi connectivity index (χ1) is 3.84. The fraction of sp³-hybridized carbons (Fsp3) is 0.400. The zero-order chi connectivity index (χ0) is 5.98. The highest BCUT2D eigenvalue weighted by molar-refractivity contribution is 6.16. The quantitative estimate of drug-likeness (QED) is 0.543. The number of nitrogens with zero attached hydrogens (tertiary/aromatic N) is 1. The Morgan fingerprint density at radius 3 is 2.88 bits per heavy atom. The number of alkyl halides is 1. The first kappa shape index (κ1) is 5.63. The predicted molar refractivity (Wildman–Crippen MR) is 30.8 cm³/mol. The van der Waals surface area contributed by atoms with Crippen LogP contribution in [-0.4, -0.2) is 5.16 Å². The van der Waals surface area contributed by atoms with Crippen molar-refractivity contribution in [2.24, 2.45) is 0 Å². The maximum absolute atomic E-state index is 5.44. The highest BCUT2D eigenvalue weighted by Gasteiger charge is 1.98. The van der Waals surface area contributed by atoms with Gasteiger partial charge in [0.1, 0.15) is 0 Å². The van der Waals surface area contributed by atoms with Gasteiger partial charge in [-0.25, -0.2) is 0 Å². The molecule has 44 valence electrons. The van der Waals surface area contributed by atoms with Gasteiger partial charge in [-0.1, -0.05) is 5.16 Å².